The van der Waals surface area contributed by atoms with Crippen LogP contribution in [0.3, 0.4) is 0 Å². The van der Waals surface area contributed by atoms with Crippen molar-refractivity contribution in [3.05, 3.63) is 64.2 Å². The van der Waals surface area contributed by atoms with Gasteiger partial charge >= 0.3 is 0 Å². The molecule has 0 aliphatic carbocycles. The lowest BCUT2D eigenvalue weighted by molar-refractivity contribution is 0.493. The molecule has 0 radical (unpaired) electrons. The van der Waals surface area contributed by atoms with Gasteiger partial charge in [0.25, 0.3) is 0 Å². The van der Waals surface area contributed by atoms with Crippen LogP contribution in [-0.2, 0) is 9.84 Å². The number of fused-ring (bicyclic) bond motifs is 1. The summed E-state index contributed by atoms with van der Waals surface area (Å²) in [6.45, 7) is 0.454. The van der Waals surface area contributed by atoms with Crippen LogP contribution in [0.15, 0.2) is 58.9 Å². The smallest absolute Gasteiger partial charge is 0.175 e. The molecule has 5 nitrogen and oxygen atoms in total. The summed E-state index contributed by atoms with van der Waals surface area (Å²) < 4.78 is 23.5. The minimum Gasteiger partial charge on any atom is -0.346 e. The quantitative estimate of drug-likeness (QED) is 0.784. The highest BCUT2D eigenvalue weighted by molar-refractivity contribution is 7.94. The van der Waals surface area contributed by atoms with E-state index in [4.69, 9.17) is 0 Å². The Labute approximate surface area is 116 Å². The fourth-order valence-corrected chi connectivity index (χ4v) is 3.46. The third-order valence-corrected chi connectivity index (χ3v) is 4.64. The van der Waals surface area contributed by atoms with Gasteiger partial charge in [0.05, 0.1) is 16.9 Å². The van der Waals surface area contributed by atoms with Gasteiger partial charge in [-0.15, -0.1) is 4.91 Å². The first kappa shape index (κ1) is 12.8. The third kappa shape index (κ3) is 2.30. The van der Waals surface area contributed by atoms with E-state index < -0.39 is 9.84 Å². The summed E-state index contributed by atoms with van der Waals surface area (Å²) in [7, 11) is -3.15. The number of sulfone groups is 1. The van der Waals surface area contributed by atoms with Gasteiger partial charge in [0.1, 0.15) is 5.69 Å². The second-order valence-corrected chi connectivity index (χ2v) is 6.59. The monoisotopic (exact) mass is 288 g/mol. The number of benzene rings is 1. The van der Waals surface area contributed by atoms with Gasteiger partial charge in [-0.05, 0) is 28.9 Å². The molecule has 6 heteroatoms. The summed E-state index contributed by atoms with van der Waals surface area (Å²) in [5.74, 6) is 0.127. The maximum absolute atomic E-state index is 11.8. The van der Waals surface area contributed by atoms with Crippen LogP contribution in [0.4, 0.5) is 5.69 Å². The van der Waals surface area contributed by atoms with Crippen molar-refractivity contribution in [2.75, 3.05) is 12.3 Å². The molecule has 2 aliphatic heterocycles. The fraction of sp³-hybridized carbons (Fsp3) is 0.143. The van der Waals surface area contributed by atoms with Gasteiger partial charge in [0.15, 0.2) is 9.84 Å². The summed E-state index contributed by atoms with van der Waals surface area (Å²) in [6.07, 6.45) is 5.62. The van der Waals surface area contributed by atoms with Crippen molar-refractivity contribution in [3.63, 3.8) is 0 Å². The number of nitrogens with zero attached hydrogens (tertiary/aromatic N) is 2. The summed E-state index contributed by atoms with van der Waals surface area (Å²) in [5.41, 5.74) is 2.71. The molecule has 102 valence electrons. The molecule has 0 N–H and O–H groups in total. The number of nitroso groups, excluding NO2 is 1. The van der Waals surface area contributed by atoms with E-state index in [9.17, 15) is 13.3 Å². The van der Waals surface area contributed by atoms with Crippen LogP contribution in [-0.4, -0.2) is 25.6 Å². The predicted octanol–water partition coefficient (Wildman–Crippen LogP) is 2.57. The first-order valence-electron chi connectivity index (χ1n) is 6.13. The standard InChI is InChI=1S/C14H12N2O3S/c17-15-12-5-3-11(4-6-12)13-2-1-7-16-8-9-20(18,19)10-14(13)16/h1-7,10H,8-9H2. The summed E-state index contributed by atoms with van der Waals surface area (Å²) in [5, 5.41) is 4.17. The zero-order chi connectivity index (χ0) is 14.2. The second kappa shape index (κ2) is 4.72. The lowest BCUT2D eigenvalue weighted by atomic mass is 10.00. The Bertz CT molecular complexity index is 743. The van der Waals surface area contributed by atoms with Crippen LogP contribution in [0, 0.1) is 4.91 Å². The van der Waals surface area contributed by atoms with E-state index in [0.717, 1.165) is 11.1 Å². The third-order valence-electron chi connectivity index (χ3n) is 3.31. The predicted molar refractivity (Wildman–Crippen MR) is 77.6 cm³/mol. The Morgan fingerprint density at radius 2 is 1.90 bits per heavy atom. The summed E-state index contributed by atoms with van der Waals surface area (Å²) >= 11 is 0. The zero-order valence-electron chi connectivity index (χ0n) is 10.6. The van der Waals surface area contributed by atoms with Crippen LogP contribution in [0.1, 0.15) is 5.56 Å². The molecule has 0 unspecified atom stereocenters. The minimum absolute atomic E-state index is 0.127. The Kier molecular flexibility index (Phi) is 3.02. The van der Waals surface area contributed by atoms with Gasteiger partial charge in [-0.1, -0.05) is 18.2 Å². The lowest BCUT2D eigenvalue weighted by Crippen LogP contribution is -2.30. The van der Waals surface area contributed by atoms with E-state index in [0.29, 0.717) is 17.9 Å². The van der Waals surface area contributed by atoms with Crippen LogP contribution in [0.25, 0.3) is 5.57 Å². The van der Waals surface area contributed by atoms with E-state index >= 15 is 0 Å². The molecule has 1 aromatic carbocycles. The molecule has 0 spiro atoms. The minimum atomic E-state index is -3.15. The number of allylic oxidation sites excluding steroid dienone is 3. The molecule has 0 saturated carbocycles. The van der Waals surface area contributed by atoms with Crippen molar-refractivity contribution in [3.8, 4) is 0 Å². The van der Waals surface area contributed by atoms with Crippen molar-refractivity contribution in [1.29, 1.82) is 0 Å². The molecular formula is C14H12N2O3S. The van der Waals surface area contributed by atoms with Gasteiger partial charge in [0, 0.05) is 18.3 Å². The summed E-state index contributed by atoms with van der Waals surface area (Å²) in [6, 6.07) is 6.76. The van der Waals surface area contributed by atoms with E-state index in [1.165, 1.54) is 5.41 Å². The Hall–Kier alpha value is -2.21. The normalized spacial score (nSPS) is 19.9. The molecule has 0 saturated heterocycles. The van der Waals surface area contributed by atoms with Gasteiger partial charge in [-0.3, -0.25) is 0 Å². The average Bonchev–Trinajstić information content (AvgIpc) is 2.46. The van der Waals surface area contributed by atoms with Crippen LogP contribution < -0.4 is 0 Å². The van der Waals surface area contributed by atoms with Crippen LogP contribution in [0.2, 0.25) is 0 Å². The Morgan fingerprint density at radius 3 is 2.60 bits per heavy atom. The number of hydrogen-bond acceptors (Lipinski definition) is 5. The molecule has 2 aliphatic rings. The van der Waals surface area contributed by atoms with Crippen molar-refractivity contribution in [1.82, 2.24) is 4.90 Å². The molecule has 0 amide bonds. The largest absolute Gasteiger partial charge is 0.346 e. The van der Waals surface area contributed by atoms with Crippen molar-refractivity contribution < 1.29 is 8.42 Å². The molecular weight excluding hydrogens is 276 g/mol. The highest BCUT2D eigenvalue weighted by Crippen LogP contribution is 2.33. The Morgan fingerprint density at radius 1 is 1.15 bits per heavy atom. The first-order chi connectivity index (χ1) is 9.59. The van der Waals surface area contributed by atoms with Crippen LogP contribution >= 0.6 is 0 Å². The van der Waals surface area contributed by atoms with Crippen molar-refractivity contribution in [2.45, 2.75) is 0 Å². The maximum Gasteiger partial charge on any atom is 0.175 e. The topological polar surface area (TPSA) is 66.8 Å². The molecule has 2 heterocycles. The zero-order valence-corrected chi connectivity index (χ0v) is 11.4. The molecule has 0 aromatic heterocycles. The molecule has 0 fully saturated rings. The van der Waals surface area contributed by atoms with Gasteiger partial charge in [0.2, 0.25) is 0 Å². The van der Waals surface area contributed by atoms with E-state index in [1.807, 2.05) is 23.3 Å². The SMILES string of the molecule is O=Nc1ccc(C2=CC=CN3CCS(=O)(=O)C=C23)cc1. The van der Waals surface area contributed by atoms with Crippen LogP contribution in [0.5, 0.6) is 0 Å². The van der Waals surface area contributed by atoms with Gasteiger partial charge in [-0.25, -0.2) is 8.42 Å². The van der Waals surface area contributed by atoms with E-state index in [1.54, 1.807) is 24.3 Å². The average molecular weight is 288 g/mol. The Balaban J connectivity index is 2.07. The summed E-state index contributed by atoms with van der Waals surface area (Å²) in [4.78, 5) is 12.4. The highest BCUT2D eigenvalue weighted by atomic mass is 32.2. The van der Waals surface area contributed by atoms with E-state index in [-0.39, 0.29) is 5.75 Å². The highest BCUT2D eigenvalue weighted by Gasteiger charge is 2.25. The number of rotatable bonds is 2. The molecule has 3 rings (SSSR count). The first-order valence-corrected chi connectivity index (χ1v) is 7.84. The van der Waals surface area contributed by atoms with Crippen molar-refractivity contribution in [2.24, 2.45) is 5.18 Å². The fourth-order valence-electron chi connectivity index (χ4n) is 2.29. The van der Waals surface area contributed by atoms with Crippen molar-refractivity contribution >= 4 is 21.1 Å². The van der Waals surface area contributed by atoms with E-state index in [2.05, 4.69) is 5.18 Å². The van der Waals surface area contributed by atoms with Gasteiger partial charge < -0.3 is 4.90 Å². The molecule has 0 bridgehead atoms. The maximum atomic E-state index is 11.8. The molecule has 0 atom stereocenters. The van der Waals surface area contributed by atoms with Gasteiger partial charge in [-0.2, -0.15) is 0 Å². The number of hydrogen-bond donors (Lipinski definition) is 0. The second-order valence-electron chi connectivity index (χ2n) is 4.62. The lowest BCUT2D eigenvalue weighted by Gasteiger charge is -2.31. The molecule has 20 heavy (non-hydrogen) atoms. The molecule has 1 aromatic rings.